The van der Waals surface area contributed by atoms with E-state index in [0.29, 0.717) is 25.2 Å². The van der Waals surface area contributed by atoms with Gasteiger partial charge in [0.15, 0.2) is 11.8 Å². The average molecular weight is 461 g/mol. The molecule has 25 heavy (non-hydrogen) atoms. The van der Waals surface area contributed by atoms with Crippen molar-refractivity contribution in [3.63, 3.8) is 0 Å². The van der Waals surface area contributed by atoms with Crippen molar-refractivity contribution in [1.29, 1.82) is 0 Å². The molecule has 1 aliphatic heterocycles. The van der Waals surface area contributed by atoms with Gasteiger partial charge in [-0.25, -0.2) is 4.99 Å². The van der Waals surface area contributed by atoms with Gasteiger partial charge in [-0.15, -0.1) is 40.8 Å². The fourth-order valence-electron chi connectivity index (χ4n) is 2.81. The van der Waals surface area contributed by atoms with E-state index in [2.05, 4.69) is 51.1 Å². The largest absolute Gasteiger partial charge is 0.354 e. The van der Waals surface area contributed by atoms with Crippen molar-refractivity contribution in [2.24, 2.45) is 12.0 Å². The molecule has 2 heterocycles. The number of nitrogens with one attached hydrogen (secondary N) is 2. The summed E-state index contributed by atoms with van der Waals surface area (Å²) >= 11 is 0. The Kier molecular flexibility index (Phi) is 9.41. The van der Waals surface area contributed by atoms with Crippen molar-refractivity contribution in [2.75, 3.05) is 19.6 Å². The van der Waals surface area contributed by atoms with Crippen molar-refractivity contribution in [1.82, 2.24) is 30.3 Å². The molecular weight excluding hydrogens is 429 g/mol. The first-order chi connectivity index (χ1) is 11.5. The van der Waals surface area contributed by atoms with Gasteiger partial charge in [0, 0.05) is 38.8 Å². The summed E-state index contributed by atoms with van der Waals surface area (Å²) in [4.78, 5) is 7.19. The lowest BCUT2D eigenvalue weighted by atomic mass is 10.0. The Bertz CT molecular complexity index is 559. The molecule has 0 radical (unpaired) electrons. The lowest BCUT2D eigenvalue weighted by Crippen LogP contribution is -2.49. The normalized spacial score (nSPS) is 16.6. The molecule has 1 aromatic heterocycles. The second-order valence-electron chi connectivity index (χ2n) is 6.61. The number of hydrogen-bond acceptors (Lipinski definition) is 4. The molecular formula is C17H32IN7. The first-order valence-electron chi connectivity index (χ1n) is 8.76. The lowest BCUT2D eigenvalue weighted by Gasteiger charge is -2.35. The molecule has 2 N–H and O–H groups in total. The van der Waals surface area contributed by atoms with Gasteiger partial charge in [0.2, 0.25) is 0 Å². The van der Waals surface area contributed by atoms with Crippen LogP contribution in [-0.2, 0) is 13.6 Å². The monoisotopic (exact) mass is 461 g/mol. The zero-order chi connectivity index (χ0) is 17.5. The quantitative estimate of drug-likeness (QED) is 0.293. The summed E-state index contributed by atoms with van der Waals surface area (Å²) in [6.45, 7) is 13.7. The summed E-state index contributed by atoms with van der Waals surface area (Å²) in [5, 5.41) is 15.1. The van der Waals surface area contributed by atoms with Crippen molar-refractivity contribution in [3.8, 4) is 0 Å². The number of hydrogen-bond donors (Lipinski definition) is 2. The van der Waals surface area contributed by atoms with E-state index in [1.165, 1.54) is 0 Å². The Hall–Kier alpha value is -1.16. The van der Waals surface area contributed by atoms with Gasteiger partial charge in [0.05, 0.1) is 0 Å². The van der Waals surface area contributed by atoms with E-state index in [1.807, 2.05) is 24.6 Å². The van der Waals surface area contributed by atoms with Crippen LogP contribution in [0.5, 0.6) is 0 Å². The molecule has 142 valence electrons. The smallest absolute Gasteiger partial charge is 0.192 e. The number of piperidine rings is 1. The third-order valence-corrected chi connectivity index (χ3v) is 4.58. The number of aromatic nitrogens is 3. The van der Waals surface area contributed by atoms with Crippen molar-refractivity contribution < 1.29 is 0 Å². The highest BCUT2D eigenvalue weighted by atomic mass is 127. The van der Waals surface area contributed by atoms with Gasteiger partial charge in [-0.2, -0.15) is 0 Å². The van der Waals surface area contributed by atoms with Gasteiger partial charge in [-0.05, 0) is 33.6 Å². The molecule has 1 aromatic rings. The molecule has 7 nitrogen and oxygen atoms in total. The number of aliphatic imine (C=N–C) groups is 1. The van der Waals surface area contributed by atoms with Crippen molar-refractivity contribution in [2.45, 2.75) is 52.2 Å². The highest BCUT2D eigenvalue weighted by Gasteiger charge is 2.21. The minimum absolute atomic E-state index is 0. The minimum atomic E-state index is 0. The molecule has 0 bridgehead atoms. The number of nitrogens with zero attached hydrogens (tertiary/aromatic N) is 5. The van der Waals surface area contributed by atoms with Crippen LogP contribution in [0.25, 0.3) is 0 Å². The van der Waals surface area contributed by atoms with Crippen LogP contribution in [-0.4, -0.2) is 57.3 Å². The van der Waals surface area contributed by atoms with E-state index in [0.717, 1.165) is 43.5 Å². The van der Waals surface area contributed by atoms with E-state index < -0.39 is 0 Å². The molecule has 1 aliphatic rings. The van der Waals surface area contributed by atoms with E-state index >= 15 is 0 Å². The van der Waals surface area contributed by atoms with Gasteiger partial charge in [-0.1, -0.05) is 6.08 Å². The molecule has 0 saturated carbocycles. The fraction of sp³-hybridized carbons (Fsp3) is 0.706. The van der Waals surface area contributed by atoms with Crippen molar-refractivity contribution >= 4 is 29.9 Å². The van der Waals surface area contributed by atoms with E-state index in [9.17, 15) is 0 Å². The Labute approximate surface area is 168 Å². The molecule has 1 saturated heterocycles. The van der Waals surface area contributed by atoms with Gasteiger partial charge in [0.1, 0.15) is 12.4 Å². The highest BCUT2D eigenvalue weighted by molar-refractivity contribution is 14.0. The third-order valence-electron chi connectivity index (χ3n) is 4.58. The Balaban J connectivity index is 0.00000312. The molecule has 8 heteroatoms. The zero-order valence-corrected chi connectivity index (χ0v) is 18.2. The highest BCUT2D eigenvalue weighted by Crippen LogP contribution is 2.12. The Morgan fingerprint density at radius 2 is 2.04 bits per heavy atom. The van der Waals surface area contributed by atoms with Crippen LogP contribution < -0.4 is 10.6 Å². The minimum Gasteiger partial charge on any atom is -0.354 e. The molecule has 0 atom stereocenters. The Morgan fingerprint density at radius 3 is 2.56 bits per heavy atom. The number of likely N-dealkylation sites (tertiary alicyclic amines) is 1. The fourth-order valence-corrected chi connectivity index (χ4v) is 2.81. The van der Waals surface area contributed by atoms with Crippen LogP contribution in [0.15, 0.2) is 17.6 Å². The number of rotatable bonds is 6. The van der Waals surface area contributed by atoms with Crippen LogP contribution in [0.1, 0.15) is 38.3 Å². The summed E-state index contributed by atoms with van der Waals surface area (Å²) in [7, 11) is 1.96. The Morgan fingerprint density at radius 1 is 1.36 bits per heavy atom. The molecule has 0 amide bonds. The topological polar surface area (TPSA) is 70.4 Å². The molecule has 0 unspecified atom stereocenters. The van der Waals surface area contributed by atoms with Crippen molar-refractivity contribution in [3.05, 3.63) is 24.3 Å². The van der Waals surface area contributed by atoms with Crippen LogP contribution in [0.4, 0.5) is 0 Å². The van der Waals surface area contributed by atoms with Gasteiger partial charge in [-0.3, -0.25) is 0 Å². The molecule has 0 spiro atoms. The number of guanidine groups is 1. The first kappa shape index (κ1) is 21.9. The van der Waals surface area contributed by atoms with Crippen LogP contribution >= 0.6 is 24.0 Å². The summed E-state index contributed by atoms with van der Waals surface area (Å²) in [5.41, 5.74) is 0. The van der Waals surface area contributed by atoms with E-state index in [-0.39, 0.29) is 24.0 Å². The molecule has 2 rings (SSSR count). The second-order valence-corrected chi connectivity index (χ2v) is 6.61. The average Bonchev–Trinajstić information content (AvgIpc) is 2.89. The van der Waals surface area contributed by atoms with E-state index in [4.69, 9.17) is 0 Å². The zero-order valence-electron chi connectivity index (χ0n) is 15.8. The third kappa shape index (κ3) is 6.58. The maximum Gasteiger partial charge on any atom is 0.192 e. The number of aryl methyl sites for hydroxylation is 1. The SMILES string of the molecule is C=CCNC(=NCc1nnc(C)n1C)NC1CCN(C(C)C)CC1.I. The van der Waals surface area contributed by atoms with Crippen LogP contribution in [0.2, 0.25) is 0 Å². The maximum absolute atomic E-state index is 4.66. The van der Waals surface area contributed by atoms with Gasteiger partial charge < -0.3 is 20.1 Å². The first-order valence-corrected chi connectivity index (χ1v) is 8.76. The predicted molar refractivity (Wildman–Crippen MR) is 113 cm³/mol. The maximum atomic E-state index is 4.66. The lowest BCUT2D eigenvalue weighted by molar-refractivity contribution is 0.167. The predicted octanol–water partition coefficient (Wildman–Crippen LogP) is 1.84. The molecule has 1 fully saturated rings. The molecule has 0 aliphatic carbocycles. The molecule has 0 aromatic carbocycles. The summed E-state index contributed by atoms with van der Waals surface area (Å²) in [5.74, 6) is 2.58. The summed E-state index contributed by atoms with van der Waals surface area (Å²) in [6, 6.07) is 1.08. The van der Waals surface area contributed by atoms with Gasteiger partial charge >= 0.3 is 0 Å². The van der Waals surface area contributed by atoms with Crippen LogP contribution in [0, 0.1) is 6.92 Å². The van der Waals surface area contributed by atoms with Crippen LogP contribution in [0.3, 0.4) is 0 Å². The summed E-state index contributed by atoms with van der Waals surface area (Å²) < 4.78 is 1.97. The number of halogens is 1. The van der Waals surface area contributed by atoms with Gasteiger partial charge in [0.25, 0.3) is 0 Å². The standard InChI is InChI=1S/C17H31N7.HI/c1-6-9-18-17(19-12-16-22-21-14(4)23(16)5)20-15-7-10-24(11-8-15)13(2)3;/h6,13,15H,1,7-12H2,2-5H3,(H2,18,19,20);1H. The van der Waals surface area contributed by atoms with E-state index in [1.54, 1.807) is 0 Å². The summed E-state index contributed by atoms with van der Waals surface area (Å²) in [6.07, 6.45) is 4.11. The second kappa shape index (κ2) is 10.7.